The van der Waals surface area contributed by atoms with Gasteiger partial charge in [0.05, 0.1) is 5.92 Å². The monoisotopic (exact) mass is 458 g/mol. The van der Waals surface area contributed by atoms with E-state index in [4.69, 9.17) is 5.73 Å². The second-order valence-corrected chi connectivity index (χ2v) is 10.2. The molecule has 0 bridgehead atoms. The first-order valence-electron chi connectivity index (χ1n) is 13.9. The number of unbranched alkanes of at least 4 members (excludes halogenated alkanes) is 12. The Morgan fingerprint density at radius 3 is 1.88 bits per heavy atom. The van der Waals surface area contributed by atoms with Gasteiger partial charge in [-0.15, -0.1) is 0 Å². The number of ketones is 1. The summed E-state index contributed by atoms with van der Waals surface area (Å²) in [5.74, 6) is -0.464. The van der Waals surface area contributed by atoms with Gasteiger partial charge in [-0.3, -0.25) is 10.5 Å². The zero-order valence-electron chi connectivity index (χ0n) is 21.3. The molecule has 0 aliphatic carbocycles. The van der Waals surface area contributed by atoms with Crippen LogP contribution in [0.25, 0.3) is 0 Å². The lowest BCUT2D eigenvalue weighted by Gasteiger charge is -2.34. The van der Waals surface area contributed by atoms with Crippen LogP contribution in [0.2, 0.25) is 0 Å². The molecule has 1 fully saturated rings. The number of nitrogens with zero attached hydrogens (tertiary/aromatic N) is 1. The van der Waals surface area contributed by atoms with E-state index >= 15 is 0 Å². The number of hydrogen-bond donors (Lipinski definition) is 2. The summed E-state index contributed by atoms with van der Waals surface area (Å²) >= 11 is 0. The maximum atomic E-state index is 13.2. The van der Waals surface area contributed by atoms with E-state index in [0.29, 0.717) is 18.5 Å². The van der Waals surface area contributed by atoms with Gasteiger partial charge in [-0.1, -0.05) is 114 Å². The highest BCUT2D eigenvalue weighted by molar-refractivity contribution is 5.82. The fraction of sp³-hybridized carbons (Fsp3) is 0.759. The second kappa shape index (κ2) is 16.4. The maximum Gasteiger partial charge on any atom is 0.150 e. The molecule has 0 radical (unpaired) electrons. The lowest BCUT2D eigenvalue weighted by Crippen LogP contribution is -2.52. The minimum atomic E-state index is -1.61. The van der Waals surface area contributed by atoms with Crippen molar-refractivity contribution in [3.05, 3.63) is 35.9 Å². The Balaban J connectivity index is 1.66. The Bertz CT molecular complexity index is 626. The summed E-state index contributed by atoms with van der Waals surface area (Å²) in [6.07, 6.45) is 19.6. The van der Waals surface area contributed by atoms with Crippen LogP contribution in [0.1, 0.15) is 115 Å². The van der Waals surface area contributed by atoms with E-state index in [9.17, 15) is 9.90 Å². The Kier molecular flexibility index (Phi) is 13.9. The lowest BCUT2D eigenvalue weighted by atomic mass is 9.84. The molecule has 0 aromatic heterocycles. The molecule has 1 saturated heterocycles. The number of likely N-dealkylation sites (tertiary alicyclic amines) is 1. The number of aliphatic hydroxyl groups is 1. The van der Waals surface area contributed by atoms with Gasteiger partial charge >= 0.3 is 0 Å². The van der Waals surface area contributed by atoms with Gasteiger partial charge in [0.2, 0.25) is 0 Å². The Labute approximate surface area is 203 Å². The number of hydrogen-bond acceptors (Lipinski definition) is 4. The molecule has 2 unspecified atom stereocenters. The quantitative estimate of drug-likeness (QED) is 0.182. The molecule has 1 aromatic carbocycles. The topological polar surface area (TPSA) is 66.6 Å². The highest BCUT2D eigenvalue weighted by Gasteiger charge is 2.40. The number of carbonyl (C=O) groups is 1. The van der Waals surface area contributed by atoms with E-state index in [0.717, 1.165) is 38.8 Å². The van der Waals surface area contributed by atoms with E-state index in [2.05, 4.69) is 11.8 Å². The third-order valence-electron chi connectivity index (χ3n) is 7.32. The molecule has 4 nitrogen and oxygen atoms in total. The van der Waals surface area contributed by atoms with Gasteiger partial charge in [-0.2, -0.15) is 0 Å². The van der Waals surface area contributed by atoms with Crippen molar-refractivity contribution >= 4 is 5.78 Å². The first-order chi connectivity index (χ1) is 16.1. The molecule has 2 rings (SSSR count). The lowest BCUT2D eigenvalue weighted by molar-refractivity contribution is -0.134. The summed E-state index contributed by atoms with van der Waals surface area (Å²) in [6.45, 7) is 4.81. The number of rotatable bonds is 19. The highest BCUT2D eigenvalue weighted by Crippen LogP contribution is 2.29. The fourth-order valence-corrected chi connectivity index (χ4v) is 5.11. The average molecular weight is 459 g/mol. The molecule has 33 heavy (non-hydrogen) atoms. The van der Waals surface area contributed by atoms with Gasteiger partial charge in [0.25, 0.3) is 0 Å². The van der Waals surface area contributed by atoms with Crippen molar-refractivity contribution in [3.63, 3.8) is 0 Å². The minimum absolute atomic E-state index is 0.110. The second-order valence-electron chi connectivity index (χ2n) is 10.2. The fourth-order valence-electron chi connectivity index (χ4n) is 5.11. The van der Waals surface area contributed by atoms with Crippen molar-refractivity contribution in [2.45, 2.75) is 115 Å². The van der Waals surface area contributed by atoms with Gasteiger partial charge in [-0.25, -0.2) is 0 Å². The van der Waals surface area contributed by atoms with E-state index in [1.807, 2.05) is 30.3 Å². The molecular formula is C29H50N2O2. The predicted molar refractivity (Wildman–Crippen MR) is 139 cm³/mol. The van der Waals surface area contributed by atoms with E-state index < -0.39 is 11.6 Å². The Morgan fingerprint density at radius 1 is 0.879 bits per heavy atom. The van der Waals surface area contributed by atoms with Crippen molar-refractivity contribution in [1.82, 2.24) is 4.90 Å². The zero-order valence-corrected chi connectivity index (χ0v) is 21.3. The van der Waals surface area contributed by atoms with Crippen LogP contribution in [-0.2, 0) is 10.5 Å². The third-order valence-corrected chi connectivity index (χ3v) is 7.32. The molecule has 0 amide bonds. The summed E-state index contributed by atoms with van der Waals surface area (Å²) in [5, 5.41) is 11.2. The summed E-state index contributed by atoms with van der Waals surface area (Å²) < 4.78 is 0. The van der Waals surface area contributed by atoms with Crippen molar-refractivity contribution in [2.75, 3.05) is 19.6 Å². The molecule has 1 heterocycles. The number of nitrogens with two attached hydrogens (primary N) is 1. The number of carbonyl (C=O) groups excluding carboxylic acids is 1. The van der Waals surface area contributed by atoms with Gasteiger partial charge < -0.3 is 10.0 Å². The SMILES string of the molecule is CCCCCCCCCCCCCCCC(=O)C(CN1CCCC1)C(N)(O)c1ccccc1. The predicted octanol–water partition coefficient (Wildman–Crippen LogP) is 6.55. The van der Waals surface area contributed by atoms with Crippen molar-refractivity contribution in [1.29, 1.82) is 0 Å². The molecular weight excluding hydrogens is 408 g/mol. The smallest absolute Gasteiger partial charge is 0.150 e. The largest absolute Gasteiger partial charge is 0.371 e. The van der Waals surface area contributed by atoms with Crippen molar-refractivity contribution in [3.8, 4) is 0 Å². The summed E-state index contributed by atoms with van der Waals surface area (Å²) in [6, 6.07) is 9.31. The van der Waals surface area contributed by atoms with Crippen LogP contribution in [0.5, 0.6) is 0 Å². The van der Waals surface area contributed by atoms with Crippen LogP contribution < -0.4 is 5.73 Å². The minimum Gasteiger partial charge on any atom is -0.371 e. The average Bonchev–Trinajstić information content (AvgIpc) is 3.34. The zero-order chi connectivity index (χ0) is 23.8. The highest BCUT2D eigenvalue weighted by atomic mass is 16.3. The van der Waals surface area contributed by atoms with Crippen LogP contribution in [-0.4, -0.2) is 35.4 Å². The molecule has 1 aliphatic heterocycles. The molecule has 4 heteroatoms. The van der Waals surface area contributed by atoms with E-state index in [1.54, 1.807) is 0 Å². The molecule has 0 saturated carbocycles. The van der Waals surface area contributed by atoms with Crippen LogP contribution in [0.15, 0.2) is 30.3 Å². The van der Waals surface area contributed by atoms with Gasteiger partial charge in [0, 0.05) is 13.0 Å². The Morgan fingerprint density at radius 2 is 1.36 bits per heavy atom. The van der Waals surface area contributed by atoms with Crippen LogP contribution in [0, 0.1) is 5.92 Å². The van der Waals surface area contributed by atoms with Gasteiger partial charge in [0.1, 0.15) is 5.78 Å². The van der Waals surface area contributed by atoms with Crippen molar-refractivity contribution < 1.29 is 9.90 Å². The van der Waals surface area contributed by atoms with E-state index in [-0.39, 0.29) is 5.78 Å². The van der Waals surface area contributed by atoms with Gasteiger partial charge in [0.15, 0.2) is 5.72 Å². The third kappa shape index (κ3) is 10.7. The molecule has 1 aromatic rings. The molecule has 3 N–H and O–H groups in total. The number of Topliss-reactive ketones (excluding diaryl/α,β-unsaturated/α-hetero) is 1. The van der Waals surface area contributed by atoms with Crippen LogP contribution in [0.3, 0.4) is 0 Å². The van der Waals surface area contributed by atoms with E-state index in [1.165, 1.54) is 70.6 Å². The first kappa shape index (κ1) is 28.0. The normalized spacial score (nSPS) is 17.2. The molecule has 1 aliphatic rings. The Hall–Kier alpha value is -1.23. The van der Waals surface area contributed by atoms with Crippen LogP contribution >= 0.6 is 0 Å². The van der Waals surface area contributed by atoms with Crippen LogP contribution in [0.4, 0.5) is 0 Å². The standard InChI is InChI=1S/C29H50N2O2/c1-2-3-4-5-6-7-8-9-10-11-12-13-17-22-28(32)27(25-31-23-18-19-24-31)29(30,33)26-20-15-14-16-21-26/h14-16,20-21,27,33H,2-13,17-19,22-25,30H2,1H3. The van der Waals surface area contributed by atoms with Crippen molar-refractivity contribution in [2.24, 2.45) is 11.7 Å². The summed E-state index contributed by atoms with van der Waals surface area (Å²) in [4.78, 5) is 15.5. The number of benzene rings is 1. The molecule has 0 spiro atoms. The summed E-state index contributed by atoms with van der Waals surface area (Å²) in [5.41, 5.74) is 5.43. The summed E-state index contributed by atoms with van der Waals surface area (Å²) in [7, 11) is 0. The maximum absolute atomic E-state index is 13.2. The molecule has 188 valence electrons. The first-order valence-corrected chi connectivity index (χ1v) is 13.9. The molecule has 2 atom stereocenters. The van der Waals surface area contributed by atoms with Gasteiger partial charge in [-0.05, 0) is 37.9 Å².